The van der Waals surface area contributed by atoms with E-state index in [0.717, 1.165) is 22.8 Å². The summed E-state index contributed by atoms with van der Waals surface area (Å²) in [6.45, 7) is 0.583. The third-order valence-electron chi connectivity index (χ3n) is 3.60. The first-order chi connectivity index (χ1) is 11.7. The normalized spacial score (nSPS) is 10.5. The Hall–Kier alpha value is -3.02. The first kappa shape index (κ1) is 15.9. The molecule has 0 spiro atoms. The maximum absolute atomic E-state index is 5.58. The summed E-state index contributed by atoms with van der Waals surface area (Å²) in [6, 6.07) is 13.2. The van der Waals surface area contributed by atoms with Crippen LogP contribution in [0.25, 0.3) is 11.5 Å². The third-order valence-corrected chi connectivity index (χ3v) is 3.60. The number of hydrogen-bond acceptors (Lipinski definition) is 6. The number of rotatable bonds is 6. The molecule has 2 heterocycles. The van der Waals surface area contributed by atoms with Crippen LogP contribution in [-0.4, -0.2) is 31.2 Å². The number of oxazole rings is 1. The van der Waals surface area contributed by atoms with Gasteiger partial charge in [-0.1, -0.05) is 6.07 Å². The van der Waals surface area contributed by atoms with E-state index in [4.69, 9.17) is 13.9 Å². The van der Waals surface area contributed by atoms with E-state index in [1.54, 1.807) is 20.5 Å². The summed E-state index contributed by atoms with van der Waals surface area (Å²) in [6.07, 6.45) is 1.66. The van der Waals surface area contributed by atoms with Crippen molar-refractivity contribution in [2.75, 3.05) is 26.2 Å². The Kier molecular flexibility index (Phi) is 4.65. The van der Waals surface area contributed by atoms with Crippen molar-refractivity contribution in [3.8, 4) is 23.1 Å². The molecule has 0 saturated carbocycles. The molecule has 0 aliphatic heterocycles. The van der Waals surface area contributed by atoms with Gasteiger partial charge in [0.15, 0.2) is 0 Å². The second-order valence-electron chi connectivity index (χ2n) is 5.27. The van der Waals surface area contributed by atoms with Gasteiger partial charge in [-0.05, 0) is 30.3 Å². The van der Waals surface area contributed by atoms with Gasteiger partial charge in [-0.15, -0.1) is 0 Å². The van der Waals surface area contributed by atoms with Crippen LogP contribution in [-0.2, 0) is 6.54 Å². The van der Waals surface area contributed by atoms with Crippen LogP contribution in [0.1, 0.15) is 5.69 Å². The fraction of sp³-hybridized carbons (Fsp3) is 0.222. The first-order valence-corrected chi connectivity index (χ1v) is 7.50. The van der Waals surface area contributed by atoms with E-state index in [0.29, 0.717) is 18.3 Å². The van der Waals surface area contributed by atoms with Crippen LogP contribution < -0.4 is 14.4 Å². The number of ether oxygens (including phenoxy) is 2. The Balaban J connectivity index is 1.72. The molecule has 3 rings (SSSR count). The molecule has 0 atom stereocenters. The molecule has 6 nitrogen and oxygen atoms in total. The zero-order valence-electron chi connectivity index (χ0n) is 13.9. The molecule has 0 N–H and O–H groups in total. The lowest BCUT2D eigenvalue weighted by atomic mass is 10.2. The van der Waals surface area contributed by atoms with Crippen molar-refractivity contribution in [1.29, 1.82) is 0 Å². The molecule has 0 aliphatic carbocycles. The second-order valence-corrected chi connectivity index (χ2v) is 5.27. The molecule has 2 aromatic heterocycles. The largest absolute Gasteiger partial charge is 0.497 e. The van der Waals surface area contributed by atoms with Crippen molar-refractivity contribution in [2.24, 2.45) is 0 Å². The fourth-order valence-electron chi connectivity index (χ4n) is 2.30. The van der Waals surface area contributed by atoms with E-state index in [9.17, 15) is 0 Å². The molecule has 1 aromatic carbocycles. The van der Waals surface area contributed by atoms with Gasteiger partial charge in [0.25, 0.3) is 0 Å². The van der Waals surface area contributed by atoms with Gasteiger partial charge < -0.3 is 18.8 Å². The molecule has 0 saturated heterocycles. The Morgan fingerprint density at radius 2 is 1.79 bits per heavy atom. The molecule has 0 unspecified atom stereocenters. The average molecular weight is 325 g/mol. The topological polar surface area (TPSA) is 60.6 Å². The van der Waals surface area contributed by atoms with Crippen LogP contribution in [0, 0.1) is 0 Å². The van der Waals surface area contributed by atoms with Gasteiger partial charge in [0.1, 0.15) is 17.8 Å². The number of nitrogens with zero attached hydrogens (tertiary/aromatic N) is 3. The Bertz CT molecular complexity index is 799. The van der Waals surface area contributed by atoms with E-state index in [1.807, 2.05) is 54.4 Å². The zero-order chi connectivity index (χ0) is 16.9. The van der Waals surface area contributed by atoms with Crippen molar-refractivity contribution in [3.63, 3.8) is 0 Å². The number of aromatic nitrogens is 2. The highest BCUT2D eigenvalue weighted by atomic mass is 16.5. The molecule has 0 aliphatic rings. The number of methoxy groups -OCH3 is 2. The summed E-state index contributed by atoms with van der Waals surface area (Å²) in [5.41, 5.74) is 1.73. The van der Waals surface area contributed by atoms with Crippen molar-refractivity contribution in [3.05, 3.63) is 54.4 Å². The van der Waals surface area contributed by atoms with Gasteiger partial charge in [0, 0.05) is 18.7 Å². The standard InChI is InChI=1S/C18H19N3O3/c1-21(16-5-4-6-17(20-16)23-3)11-14-12-24-18(19-14)13-7-9-15(22-2)10-8-13/h4-10,12H,11H2,1-3H3. The van der Waals surface area contributed by atoms with Crippen LogP contribution in [0.2, 0.25) is 0 Å². The lowest BCUT2D eigenvalue weighted by Gasteiger charge is -2.16. The molecule has 0 amide bonds. The molecule has 24 heavy (non-hydrogen) atoms. The monoisotopic (exact) mass is 325 g/mol. The average Bonchev–Trinajstić information content (AvgIpc) is 3.10. The Morgan fingerprint density at radius 1 is 1.00 bits per heavy atom. The number of hydrogen-bond donors (Lipinski definition) is 0. The van der Waals surface area contributed by atoms with Crippen molar-refractivity contribution in [2.45, 2.75) is 6.54 Å². The van der Waals surface area contributed by atoms with Gasteiger partial charge in [-0.3, -0.25) is 0 Å². The molecule has 0 bridgehead atoms. The lowest BCUT2D eigenvalue weighted by Crippen LogP contribution is -2.17. The van der Waals surface area contributed by atoms with Crippen molar-refractivity contribution < 1.29 is 13.9 Å². The third kappa shape index (κ3) is 3.48. The van der Waals surface area contributed by atoms with Gasteiger partial charge in [-0.2, -0.15) is 4.98 Å². The lowest BCUT2D eigenvalue weighted by molar-refractivity contribution is 0.398. The molecule has 0 fully saturated rings. The van der Waals surface area contributed by atoms with Crippen molar-refractivity contribution in [1.82, 2.24) is 9.97 Å². The Morgan fingerprint density at radius 3 is 2.50 bits per heavy atom. The molecule has 3 aromatic rings. The molecular formula is C18H19N3O3. The van der Waals surface area contributed by atoms with Gasteiger partial charge in [0.2, 0.25) is 11.8 Å². The maximum Gasteiger partial charge on any atom is 0.226 e. The number of benzene rings is 1. The summed E-state index contributed by atoms with van der Waals surface area (Å²) < 4.78 is 15.9. The zero-order valence-corrected chi connectivity index (χ0v) is 13.9. The van der Waals surface area contributed by atoms with Crippen LogP contribution in [0.15, 0.2) is 53.1 Å². The predicted molar refractivity (Wildman–Crippen MR) is 91.4 cm³/mol. The highest BCUT2D eigenvalue weighted by Crippen LogP contribution is 2.23. The van der Waals surface area contributed by atoms with Crippen LogP contribution in [0.4, 0.5) is 5.82 Å². The highest BCUT2D eigenvalue weighted by Gasteiger charge is 2.10. The van der Waals surface area contributed by atoms with Crippen LogP contribution in [0.3, 0.4) is 0 Å². The van der Waals surface area contributed by atoms with Crippen molar-refractivity contribution >= 4 is 5.82 Å². The van der Waals surface area contributed by atoms with Gasteiger partial charge in [0.05, 0.1) is 26.5 Å². The number of pyridine rings is 1. The van der Waals surface area contributed by atoms with Crippen LogP contribution in [0.5, 0.6) is 11.6 Å². The Labute approximate surface area is 140 Å². The fourth-order valence-corrected chi connectivity index (χ4v) is 2.30. The summed E-state index contributed by atoms with van der Waals surface area (Å²) >= 11 is 0. The number of anilines is 1. The smallest absolute Gasteiger partial charge is 0.226 e. The highest BCUT2D eigenvalue weighted by molar-refractivity contribution is 5.54. The van der Waals surface area contributed by atoms with E-state index in [-0.39, 0.29) is 0 Å². The van der Waals surface area contributed by atoms with Gasteiger partial charge >= 0.3 is 0 Å². The quantitative estimate of drug-likeness (QED) is 0.692. The van der Waals surface area contributed by atoms with E-state index < -0.39 is 0 Å². The minimum absolute atomic E-state index is 0.582. The first-order valence-electron chi connectivity index (χ1n) is 7.50. The maximum atomic E-state index is 5.58. The predicted octanol–water partition coefficient (Wildman–Crippen LogP) is 3.39. The molecule has 6 heteroatoms. The molecule has 0 radical (unpaired) electrons. The second kappa shape index (κ2) is 7.04. The van der Waals surface area contributed by atoms with E-state index in [2.05, 4.69) is 9.97 Å². The summed E-state index contributed by atoms with van der Waals surface area (Å²) in [4.78, 5) is 10.9. The molecular weight excluding hydrogens is 306 g/mol. The summed E-state index contributed by atoms with van der Waals surface area (Å²) in [5.74, 6) is 2.77. The van der Waals surface area contributed by atoms with E-state index in [1.165, 1.54) is 0 Å². The molecule has 124 valence electrons. The minimum atomic E-state index is 0.582. The minimum Gasteiger partial charge on any atom is -0.497 e. The van der Waals surface area contributed by atoms with Crippen LogP contribution >= 0.6 is 0 Å². The summed E-state index contributed by atoms with van der Waals surface area (Å²) in [5, 5.41) is 0. The summed E-state index contributed by atoms with van der Waals surface area (Å²) in [7, 11) is 5.19. The van der Waals surface area contributed by atoms with Gasteiger partial charge in [-0.25, -0.2) is 4.98 Å². The SMILES string of the molecule is COc1ccc(-c2nc(CN(C)c3cccc(OC)n3)co2)cc1. The van der Waals surface area contributed by atoms with E-state index >= 15 is 0 Å².